The van der Waals surface area contributed by atoms with Crippen molar-refractivity contribution in [2.24, 2.45) is 7.05 Å². The molecule has 0 N–H and O–H groups in total. The summed E-state index contributed by atoms with van der Waals surface area (Å²) in [5.74, 6) is 1.05. The Bertz CT molecular complexity index is 763. The summed E-state index contributed by atoms with van der Waals surface area (Å²) in [5, 5.41) is 10.6. The molecule has 0 saturated carbocycles. The van der Waals surface area contributed by atoms with Crippen LogP contribution in [0.3, 0.4) is 0 Å². The van der Waals surface area contributed by atoms with Gasteiger partial charge < -0.3 is 4.57 Å². The summed E-state index contributed by atoms with van der Waals surface area (Å²) in [6.07, 6.45) is 2.37. The Morgan fingerprint density at radius 3 is 2.90 bits per heavy atom. The van der Waals surface area contributed by atoms with E-state index in [2.05, 4.69) is 51.8 Å². The minimum Gasteiger partial charge on any atom is -0.327 e. The molecule has 0 atom stereocenters. The van der Waals surface area contributed by atoms with E-state index in [4.69, 9.17) is 0 Å². The number of hydrogen-bond donors (Lipinski definition) is 0. The van der Waals surface area contributed by atoms with Gasteiger partial charge in [-0.3, -0.25) is 0 Å². The maximum Gasteiger partial charge on any atom is 0.211 e. The highest BCUT2D eigenvalue weighted by Crippen LogP contribution is 2.27. The number of aryl methyl sites for hydroxylation is 2. The lowest BCUT2D eigenvalue weighted by Gasteiger charge is -1.99. The first-order chi connectivity index (χ1) is 9.70. The molecule has 0 radical (unpaired) electrons. The van der Waals surface area contributed by atoms with Gasteiger partial charge in [0, 0.05) is 18.2 Å². The van der Waals surface area contributed by atoms with Crippen LogP contribution in [0.2, 0.25) is 0 Å². The molecule has 4 nitrogen and oxygen atoms in total. The zero-order valence-electron chi connectivity index (χ0n) is 12.1. The molecule has 0 spiro atoms. The standard InChI is InChI=1S/C15H18N4S/c1-4-5-8-20-15-16-14-13(17-18-15)11-9-10(2)6-7-12(11)19(14)3/h6-7,9H,4-5,8H2,1-3H3. The molecule has 3 aromatic rings. The summed E-state index contributed by atoms with van der Waals surface area (Å²) in [6.45, 7) is 4.28. The zero-order valence-corrected chi connectivity index (χ0v) is 12.9. The molecule has 1 aromatic carbocycles. The lowest BCUT2D eigenvalue weighted by atomic mass is 10.2. The average molecular weight is 286 g/mol. The second-order valence-corrected chi connectivity index (χ2v) is 6.11. The smallest absolute Gasteiger partial charge is 0.211 e. The van der Waals surface area contributed by atoms with Crippen molar-refractivity contribution in [3.05, 3.63) is 23.8 Å². The third-order valence-electron chi connectivity index (χ3n) is 3.46. The number of nitrogens with zero attached hydrogens (tertiary/aromatic N) is 4. The summed E-state index contributed by atoms with van der Waals surface area (Å²) in [5.41, 5.74) is 4.20. The summed E-state index contributed by atoms with van der Waals surface area (Å²) >= 11 is 1.68. The first-order valence-electron chi connectivity index (χ1n) is 6.93. The Labute approximate surface area is 122 Å². The first kappa shape index (κ1) is 13.4. The van der Waals surface area contributed by atoms with Crippen LogP contribution in [0.1, 0.15) is 25.3 Å². The van der Waals surface area contributed by atoms with Crippen molar-refractivity contribution in [3.63, 3.8) is 0 Å². The third-order valence-corrected chi connectivity index (χ3v) is 4.39. The van der Waals surface area contributed by atoms with Crippen LogP contribution in [-0.2, 0) is 7.05 Å². The maximum atomic E-state index is 4.67. The van der Waals surface area contributed by atoms with Crippen LogP contribution in [-0.4, -0.2) is 25.5 Å². The minimum atomic E-state index is 0.772. The van der Waals surface area contributed by atoms with Crippen molar-refractivity contribution in [1.82, 2.24) is 19.7 Å². The number of fused-ring (bicyclic) bond motifs is 3. The van der Waals surface area contributed by atoms with Crippen molar-refractivity contribution in [2.75, 3.05) is 5.75 Å². The van der Waals surface area contributed by atoms with Crippen LogP contribution in [0.5, 0.6) is 0 Å². The molecule has 0 unspecified atom stereocenters. The van der Waals surface area contributed by atoms with Crippen LogP contribution >= 0.6 is 11.8 Å². The molecule has 0 aliphatic heterocycles. The predicted octanol–water partition coefficient (Wildman–Crippen LogP) is 3.72. The lowest BCUT2D eigenvalue weighted by molar-refractivity contribution is 0.846. The van der Waals surface area contributed by atoms with Crippen molar-refractivity contribution in [2.45, 2.75) is 31.8 Å². The number of rotatable bonds is 4. The Morgan fingerprint density at radius 1 is 1.25 bits per heavy atom. The Morgan fingerprint density at radius 2 is 2.10 bits per heavy atom. The van der Waals surface area contributed by atoms with E-state index in [-0.39, 0.29) is 0 Å². The Kier molecular flexibility index (Phi) is 3.61. The Balaban J connectivity index is 2.10. The fraction of sp³-hybridized carbons (Fsp3) is 0.400. The van der Waals surface area contributed by atoms with E-state index in [9.17, 15) is 0 Å². The SMILES string of the molecule is CCCCSc1nnc2c3cc(C)ccc3n(C)c2n1. The van der Waals surface area contributed by atoms with Crippen LogP contribution < -0.4 is 0 Å². The number of benzene rings is 1. The van der Waals surface area contributed by atoms with Crippen molar-refractivity contribution in [1.29, 1.82) is 0 Å². The largest absolute Gasteiger partial charge is 0.327 e. The number of hydrogen-bond acceptors (Lipinski definition) is 4. The van der Waals surface area contributed by atoms with Gasteiger partial charge in [0.2, 0.25) is 5.16 Å². The van der Waals surface area contributed by atoms with Crippen molar-refractivity contribution in [3.8, 4) is 0 Å². The molecular formula is C15H18N4S. The number of aromatic nitrogens is 4. The second-order valence-electron chi connectivity index (χ2n) is 5.05. The fourth-order valence-electron chi connectivity index (χ4n) is 2.33. The van der Waals surface area contributed by atoms with Crippen LogP contribution in [0.25, 0.3) is 22.1 Å². The molecule has 20 heavy (non-hydrogen) atoms. The van der Waals surface area contributed by atoms with Gasteiger partial charge in [-0.05, 0) is 25.5 Å². The van der Waals surface area contributed by atoms with Gasteiger partial charge >= 0.3 is 0 Å². The molecule has 0 aliphatic rings. The monoisotopic (exact) mass is 286 g/mol. The van der Waals surface area contributed by atoms with Gasteiger partial charge in [-0.1, -0.05) is 36.7 Å². The van der Waals surface area contributed by atoms with Crippen molar-refractivity contribution >= 4 is 33.8 Å². The third kappa shape index (κ3) is 2.26. The maximum absolute atomic E-state index is 4.67. The number of unbranched alkanes of at least 4 members (excludes halogenated alkanes) is 1. The van der Waals surface area contributed by atoms with E-state index < -0.39 is 0 Å². The van der Waals surface area contributed by atoms with Gasteiger partial charge in [0.15, 0.2) is 5.65 Å². The average Bonchev–Trinajstić information content (AvgIpc) is 2.72. The molecule has 0 fully saturated rings. The van der Waals surface area contributed by atoms with Gasteiger partial charge in [-0.25, -0.2) is 4.98 Å². The molecule has 2 heterocycles. The molecular weight excluding hydrogens is 268 g/mol. The van der Waals surface area contributed by atoms with Gasteiger partial charge in [0.25, 0.3) is 0 Å². The van der Waals surface area contributed by atoms with Crippen LogP contribution in [0.4, 0.5) is 0 Å². The summed E-state index contributed by atoms with van der Waals surface area (Å²) < 4.78 is 2.10. The normalized spacial score (nSPS) is 11.6. The highest BCUT2D eigenvalue weighted by atomic mass is 32.2. The van der Waals surface area contributed by atoms with Crippen LogP contribution in [0, 0.1) is 6.92 Å². The van der Waals surface area contributed by atoms with Gasteiger partial charge in [0.1, 0.15) is 5.52 Å². The first-order valence-corrected chi connectivity index (χ1v) is 7.91. The highest BCUT2D eigenvalue weighted by molar-refractivity contribution is 7.99. The summed E-state index contributed by atoms with van der Waals surface area (Å²) in [7, 11) is 2.04. The quantitative estimate of drug-likeness (QED) is 0.541. The molecule has 104 valence electrons. The van der Waals surface area contributed by atoms with E-state index in [1.165, 1.54) is 18.4 Å². The molecule has 3 rings (SSSR count). The van der Waals surface area contributed by atoms with Crippen LogP contribution in [0.15, 0.2) is 23.4 Å². The number of thioether (sulfide) groups is 1. The molecule has 0 amide bonds. The van der Waals surface area contributed by atoms with Gasteiger partial charge in [-0.15, -0.1) is 10.2 Å². The van der Waals surface area contributed by atoms with E-state index in [1.54, 1.807) is 11.8 Å². The Hall–Kier alpha value is -1.62. The summed E-state index contributed by atoms with van der Waals surface area (Å²) in [4.78, 5) is 4.67. The van der Waals surface area contributed by atoms with E-state index in [0.717, 1.165) is 33.0 Å². The molecule has 0 bridgehead atoms. The van der Waals surface area contributed by atoms with E-state index in [1.807, 2.05) is 7.05 Å². The van der Waals surface area contributed by atoms with Gasteiger partial charge in [0.05, 0.1) is 5.52 Å². The lowest BCUT2D eigenvalue weighted by Crippen LogP contribution is -1.96. The molecule has 0 aliphatic carbocycles. The van der Waals surface area contributed by atoms with Crippen molar-refractivity contribution < 1.29 is 0 Å². The predicted molar refractivity (Wildman–Crippen MR) is 84.2 cm³/mol. The minimum absolute atomic E-state index is 0.772. The molecule has 0 saturated heterocycles. The highest BCUT2D eigenvalue weighted by Gasteiger charge is 2.12. The van der Waals surface area contributed by atoms with E-state index in [0.29, 0.717) is 0 Å². The van der Waals surface area contributed by atoms with E-state index >= 15 is 0 Å². The zero-order chi connectivity index (χ0) is 14.1. The second kappa shape index (κ2) is 5.40. The van der Waals surface area contributed by atoms with Gasteiger partial charge in [-0.2, -0.15) is 0 Å². The summed E-state index contributed by atoms with van der Waals surface area (Å²) in [6, 6.07) is 6.39. The topological polar surface area (TPSA) is 43.6 Å². The molecule has 5 heteroatoms. The fourth-order valence-corrected chi connectivity index (χ4v) is 3.19. The molecule has 2 aromatic heterocycles.